The lowest BCUT2D eigenvalue weighted by Crippen LogP contribution is -2.19. The summed E-state index contributed by atoms with van der Waals surface area (Å²) in [5.41, 5.74) is 8.43. The standard InChI is InChI=1S/C12H21N3/c1-9(2)11-12-10(5-6-13)4-3-7-15(12)8-14-11/h8-10H,3-7,13H2,1-2H3. The maximum Gasteiger partial charge on any atom is 0.0951 e. The number of imidazole rings is 1. The van der Waals surface area contributed by atoms with Gasteiger partial charge in [0.2, 0.25) is 0 Å². The predicted octanol–water partition coefficient (Wildman–Crippen LogP) is 2.23. The van der Waals surface area contributed by atoms with Crippen molar-refractivity contribution in [2.75, 3.05) is 6.54 Å². The van der Waals surface area contributed by atoms with Crippen LogP contribution < -0.4 is 5.73 Å². The van der Waals surface area contributed by atoms with E-state index in [-0.39, 0.29) is 0 Å². The van der Waals surface area contributed by atoms with Crippen LogP contribution in [0.3, 0.4) is 0 Å². The zero-order chi connectivity index (χ0) is 10.8. The molecule has 2 N–H and O–H groups in total. The molecule has 0 bridgehead atoms. The third-order valence-corrected chi connectivity index (χ3v) is 3.31. The van der Waals surface area contributed by atoms with Crippen LogP contribution in [0.1, 0.15) is 56.3 Å². The van der Waals surface area contributed by atoms with Crippen LogP contribution in [0.15, 0.2) is 6.33 Å². The zero-order valence-electron chi connectivity index (χ0n) is 9.74. The molecule has 84 valence electrons. The molecule has 3 heteroatoms. The van der Waals surface area contributed by atoms with Gasteiger partial charge in [0.05, 0.1) is 12.0 Å². The van der Waals surface area contributed by atoms with Gasteiger partial charge in [0.1, 0.15) is 0 Å². The molecular weight excluding hydrogens is 186 g/mol. The molecule has 0 radical (unpaired) electrons. The Bertz CT molecular complexity index is 328. The Labute approximate surface area is 91.7 Å². The average Bonchev–Trinajstić information content (AvgIpc) is 2.62. The molecule has 0 amide bonds. The van der Waals surface area contributed by atoms with Gasteiger partial charge >= 0.3 is 0 Å². The molecule has 0 saturated carbocycles. The minimum Gasteiger partial charge on any atom is -0.334 e. The fourth-order valence-electron chi connectivity index (χ4n) is 2.60. The summed E-state index contributed by atoms with van der Waals surface area (Å²) in [6.07, 6.45) is 5.66. The van der Waals surface area contributed by atoms with E-state index < -0.39 is 0 Å². The van der Waals surface area contributed by atoms with Crippen LogP contribution in [0, 0.1) is 0 Å². The van der Waals surface area contributed by atoms with Gasteiger partial charge in [-0.3, -0.25) is 0 Å². The van der Waals surface area contributed by atoms with Gasteiger partial charge in [0.25, 0.3) is 0 Å². The number of hydrogen-bond donors (Lipinski definition) is 1. The number of aromatic nitrogens is 2. The second-order valence-corrected chi connectivity index (χ2v) is 4.78. The van der Waals surface area contributed by atoms with E-state index in [0.29, 0.717) is 11.8 Å². The molecule has 1 aliphatic rings. The normalized spacial score (nSPS) is 20.7. The minimum absolute atomic E-state index is 0.527. The summed E-state index contributed by atoms with van der Waals surface area (Å²) in [4.78, 5) is 4.55. The van der Waals surface area contributed by atoms with Crippen molar-refractivity contribution in [2.24, 2.45) is 5.73 Å². The van der Waals surface area contributed by atoms with E-state index in [1.165, 1.54) is 24.2 Å². The molecule has 0 fully saturated rings. The summed E-state index contributed by atoms with van der Waals surface area (Å²) in [6.45, 7) is 6.36. The van der Waals surface area contributed by atoms with E-state index >= 15 is 0 Å². The van der Waals surface area contributed by atoms with Crippen molar-refractivity contribution in [2.45, 2.75) is 51.5 Å². The lowest BCUT2D eigenvalue weighted by molar-refractivity contribution is 0.434. The van der Waals surface area contributed by atoms with Crippen molar-refractivity contribution in [1.82, 2.24) is 9.55 Å². The average molecular weight is 207 g/mol. The monoisotopic (exact) mass is 207 g/mol. The summed E-state index contributed by atoms with van der Waals surface area (Å²) in [6, 6.07) is 0. The van der Waals surface area contributed by atoms with Gasteiger partial charge in [0, 0.05) is 18.2 Å². The summed E-state index contributed by atoms with van der Waals surface area (Å²) >= 11 is 0. The van der Waals surface area contributed by atoms with Gasteiger partial charge in [-0.15, -0.1) is 0 Å². The molecule has 3 nitrogen and oxygen atoms in total. The SMILES string of the molecule is CC(C)c1ncn2c1C(CCN)CCC2. The fourth-order valence-corrected chi connectivity index (χ4v) is 2.60. The lowest BCUT2D eigenvalue weighted by Gasteiger charge is -2.25. The molecule has 0 aromatic carbocycles. The highest BCUT2D eigenvalue weighted by Gasteiger charge is 2.25. The third kappa shape index (κ3) is 1.93. The first-order valence-corrected chi connectivity index (χ1v) is 5.99. The van der Waals surface area contributed by atoms with Gasteiger partial charge in [-0.25, -0.2) is 4.98 Å². The molecule has 1 aliphatic heterocycles. The Kier molecular flexibility index (Phi) is 3.10. The minimum atomic E-state index is 0.527. The predicted molar refractivity (Wildman–Crippen MR) is 62.0 cm³/mol. The molecule has 0 spiro atoms. The van der Waals surface area contributed by atoms with Gasteiger partial charge in [-0.2, -0.15) is 0 Å². The zero-order valence-corrected chi connectivity index (χ0v) is 9.74. The molecule has 2 rings (SSSR count). The van der Waals surface area contributed by atoms with Crippen molar-refractivity contribution < 1.29 is 0 Å². The number of fused-ring (bicyclic) bond motifs is 1. The molecular formula is C12H21N3. The maximum atomic E-state index is 5.68. The number of hydrogen-bond acceptors (Lipinski definition) is 2. The van der Waals surface area contributed by atoms with E-state index in [1.807, 2.05) is 6.33 Å². The summed E-state index contributed by atoms with van der Waals surface area (Å²) < 4.78 is 2.33. The Morgan fingerprint density at radius 1 is 1.60 bits per heavy atom. The Morgan fingerprint density at radius 3 is 3.07 bits per heavy atom. The molecule has 2 heterocycles. The highest BCUT2D eigenvalue weighted by molar-refractivity contribution is 5.22. The highest BCUT2D eigenvalue weighted by Crippen LogP contribution is 2.34. The van der Waals surface area contributed by atoms with Gasteiger partial charge in [-0.05, 0) is 31.7 Å². The highest BCUT2D eigenvalue weighted by atomic mass is 15.1. The third-order valence-electron chi connectivity index (χ3n) is 3.31. The van der Waals surface area contributed by atoms with Gasteiger partial charge < -0.3 is 10.3 Å². The summed E-state index contributed by atoms with van der Waals surface area (Å²) in [5.74, 6) is 1.17. The summed E-state index contributed by atoms with van der Waals surface area (Å²) in [7, 11) is 0. The van der Waals surface area contributed by atoms with E-state index in [0.717, 1.165) is 19.5 Å². The van der Waals surface area contributed by atoms with Crippen LogP contribution in [0.4, 0.5) is 0 Å². The quantitative estimate of drug-likeness (QED) is 0.826. The van der Waals surface area contributed by atoms with E-state index in [1.54, 1.807) is 0 Å². The first-order chi connectivity index (χ1) is 7.24. The number of nitrogens with two attached hydrogens (primary N) is 1. The van der Waals surface area contributed by atoms with Crippen molar-refractivity contribution in [3.05, 3.63) is 17.7 Å². The maximum absolute atomic E-state index is 5.68. The van der Waals surface area contributed by atoms with Crippen molar-refractivity contribution in [3.63, 3.8) is 0 Å². The molecule has 1 aromatic heterocycles. The topological polar surface area (TPSA) is 43.8 Å². The molecule has 0 saturated heterocycles. The first kappa shape index (κ1) is 10.7. The van der Waals surface area contributed by atoms with Crippen LogP contribution >= 0.6 is 0 Å². The largest absolute Gasteiger partial charge is 0.334 e. The van der Waals surface area contributed by atoms with Gasteiger partial charge in [-0.1, -0.05) is 13.8 Å². The van der Waals surface area contributed by atoms with E-state index in [4.69, 9.17) is 5.73 Å². The van der Waals surface area contributed by atoms with Crippen LogP contribution in [-0.4, -0.2) is 16.1 Å². The van der Waals surface area contributed by atoms with Crippen LogP contribution in [-0.2, 0) is 6.54 Å². The Hall–Kier alpha value is -0.830. The molecule has 15 heavy (non-hydrogen) atoms. The second-order valence-electron chi connectivity index (χ2n) is 4.78. The molecule has 1 atom stereocenters. The first-order valence-electron chi connectivity index (χ1n) is 5.99. The number of rotatable bonds is 3. The van der Waals surface area contributed by atoms with Crippen molar-refractivity contribution >= 4 is 0 Å². The van der Waals surface area contributed by atoms with Gasteiger partial charge in [0.15, 0.2) is 0 Å². The van der Waals surface area contributed by atoms with E-state index in [2.05, 4.69) is 23.4 Å². The van der Waals surface area contributed by atoms with Crippen LogP contribution in [0.5, 0.6) is 0 Å². The number of nitrogens with zero attached hydrogens (tertiary/aromatic N) is 2. The second kappa shape index (κ2) is 4.35. The Morgan fingerprint density at radius 2 is 2.40 bits per heavy atom. The van der Waals surface area contributed by atoms with E-state index in [9.17, 15) is 0 Å². The lowest BCUT2D eigenvalue weighted by atomic mass is 9.89. The van der Waals surface area contributed by atoms with Crippen molar-refractivity contribution in [3.8, 4) is 0 Å². The van der Waals surface area contributed by atoms with Crippen LogP contribution in [0.2, 0.25) is 0 Å². The fraction of sp³-hybridized carbons (Fsp3) is 0.750. The smallest absolute Gasteiger partial charge is 0.0951 e. The summed E-state index contributed by atoms with van der Waals surface area (Å²) in [5, 5.41) is 0. The van der Waals surface area contributed by atoms with Crippen molar-refractivity contribution in [1.29, 1.82) is 0 Å². The molecule has 1 aromatic rings. The molecule has 0 aliphatic carbocycles. The van der Waals surface area contributed by atoms with Crippen LogP contribution in [0.25, 0.3) is 0 Å². The Balaban J connectivity index is 2.34. The molecule has 1 unspecified atom stereocenters. The number of aryl methyl sites for hydroxylation is 1.